The Balaban J connectivity index is 1.56. The first-order valence-corrected chi connectivity index (χ1v) is 16.0. The maximum atomic E-state index is 15.4. The van der Waals surface area contributed by atoms with E-state index in [9.17, 15) is 19.5 Å². The number of aromatic hydroxyl groups is 1. The number of fused-ring (bicyclic) bond motifs is 4. The van der Waals surface area contributed by atoms with Crippen molar-refractivity contribution in [2.45, 2.75) is 30.3 Å². The van der Waals surface area contributed by atoms with Crippen LogP contribution in [-0.2, 0) is 28.6 Å². The number of phenols is 1. The molecule has 1 saturated heterocycles. The molecule has 7 rings (SSSR count). The molecule has 254 valence electrons. The molecule has 0 unspecified atom stereocenters. The Bertz CT molecular complexity index is 2160. The number of nitrogens with one attached hydrogen (secondary N) is 1. The second-order valence-electron chi connectivity index (χ2n) is 12.1. The van der Waals surface area contributed by atoms with Crippen LogP contribution in [-0.4, -0.2) is 57.2 Å². The molecule has 15 heteroatoms. The lowest BCUT2D eigenvalue weighted by molar-refractivity contribution is -0.138. The average Bonchev–Trinajstić information content (AvgIpc) is 3.45. The van der Waals surface area contributed by atoms with Gasteiger partial charge >= 0.3 is 11.4 Å². The molecule has 0 radical (unpaired) electrons. The lowest BCUT2D eigenvalue weighted by Crippen LogP contribution is -2.53. The Labute approximate surface area is 289 Å². The summed E-state index contributed by atoms with van der Waals surface area (Å²) >= 11 is 12.6. The van der Waals surface area contributed by atoms with E-state index >= 15 is 4.79 Å². The predicted molar refractivity (Wildman–Crippen MR) is 180 cm³/mol. The molecule has 1 aliphatic carbocycles. The maximum Gasteiger partial charge on any atom is 0.347 e. The Morgan fingerprint density at radius 1 is 0.898 bits per heavy atom. The average molecular weight is 709 g/mol. The van der Waals surface area contributed by atoms with Gasteiger partial charge in [0.05, 0.1) is 56.0 Å². The molecule has 0 spiro atoms. The van der Waals surface area contributed by atoms with Crippen molar-refractivity contribution in [1.29, 1.82) is 0 Å². The number of carbonyl (C=O) groups is 2. The number of hydrogen-bond donors (Lipinski definition) is 2. The molecule has 2 aliphatic heterocycles. The topological polar surface area (TPSA) is 146 Å². The third kappa shape index (κ3) is 4.59. The van der Waals surface area contributed by atoms with Gasteiger partial charge in [-0.25, -0.2) is 23.5 Å². The first-order valence-electron chi connectivity index (χ1n) is 15.3. The number of hydrazine groups is 1. The summed E-state index contributed by atoms with van der Waals surface area (Å²) in [5, 5.41) is 12.1. The van der Waals surface area contributed by atoms with Gasteiger partial charge in [0, 0.05) is 35.7 Å². The predicted octanol–water partition coefficient (Wildman–Crippen LogP) is 4.01. The fourth-order valence-corrected chi connectivity index (χ4v) is 8.19. The Morgan fingerprint density at radius 2 is 1.57 bits per heavy atom. The largest absolute Gasteiger partial charge is 0.508 e. The van der Waals surface area contributed by atoms with Crippen molar-refractivity contribution in [3.05, 3.63) is 108 Å². The molecule has 1 saturated carbocycles. The summed E-state index contributed by atoms with van der Waals surface area (Å²) in [5.74, 6) is -2.57. The number of imide groups is 1. The van der Waals surface area contributed by atoms with Crippen molar-refractivity contribution < 1.29 is 28.9 Å². The zero-order valence-corrected chi connectivity index (χ0v) is 28.3. The number of ether oxygens (including phenoxy) is 3. The third-order valence-electron chi connectivity index (χ3n) is 9.85. The molecular formula is C34H31Cl2N5O8. The van der Waals surface area contributed by atoms with Gasteiger partial charge < -0.3 is 19.3 Å². The molecule has 2 N–H and O–H groups in total. The highest BCUT2D eigenvalue weighted by molar-refractivity contribution is 6.36. The number of benzene rings is 3. The fraction of sp³-hybridized carbons (Fsp3) is 0.294. The summed E-state index contributed by atoms with van der Waals surface area (Å²) in [5.41, 5.74) is 1.89. The van der Waals surface area contributed by atoms with E-state index in [2.05, 4.69) is 5.43 Å². The number of anilines is 1. The van der Waals surface area contributed by atoms with E-state index in [1.165, 1.54) is 55.9 Å². The minimum atomic E-state index is -1.67. The maximum absolute atomic E-state index is 15.4. The lowest BCUT2D eigenvalue weighted by Gasteiger charge is -2.49. The van der Waals surface area contributed by atoms with E-state index in [0.717, 1.165) is 9.58 Å². The highest BCUT2D eigenvalue weighted by atomic mass is 35.5. The molecule has 4 aromatic rings. The Morgan fingerprint density at radius 3 is 2.18 bits per heavy atom. The SMILES string of the molecule is COc1ccc([C@@]23C(=O)N(Nc4ccc(Cl)cc4Cl)C(=O)[C@@H]2C[C@@H]2C(=CCn4c(=O)n(C)c(=O)n42)[C@@H]3c2c(OC)cc(O)cc2OC)cc1. The van der Waals surface area contributed by atoms with E-state index in [1.54, 1.807) is 36.4 Å². The molecule has 3 aliphatic rings. The van der Waals surface area contributed by atoms with Crippen molar-refractivity contribution in [3.63, 3.8) is 0 Å². The third-order valence-corrected chi connectivity index (χ3v) is 10.4. The molecule has 4 atom stereocenters. The fourth-order valence-electron chi connectivity index (χ4n) is 7.74. The van der Waals surface area contributed by atoms with Crippen LogP contribution in [0.1, 0.15) is 29.5 Å². The summed E-state index contributed by atoms with van der Waals surface area (Å²) in [6, 6.07) is 13.5. The first kappa shape index (κ1) is 32.4. The van der Waals surface area contributed by atoms with E-state index in [1.807, 2.05) is 6.08 Å². The van der Waals surface area contributed by atoms with Gasteiger partial charge in [0.25, 0.3) is 11.8 Å². The summed E-state index contributed by atoms with van der Waals surface area (Å²) < 4.78 is 20.8. The zero-order chi connectivity index (χ0) is 34.9. The van der Waals surface area contributed by atoms with Gasteiger partial charge in [-0.3, -0.25) is 15.0 Å². The van der Waals surface area contributed by atoms with Crippen molar-refractivity contribution in [3.8, 4) is 23.0 Å². The van der Waals surface area contributed by atoms with E-state index in [-0.39, 0.29) is 40.9 Å². The van der Waals surface area contributed by atoms with Crippen LogP contribution in [0.3, 0.4) is 0 Å². The van der Waals surface area contributed by atoms with Crippen molar-refractivity contribution in [1.82, 2.24) is 18.9 Å². The summed E-state index contributed by atoms with van der Waals surface area (Å²) in [4.78, 5) is 56.9. The van der Waals surface area contributed by atoms with Gasteiger partial charge in [-0.15, -0.1) is 0 Å². The van der Waals surface area contributed by atoms with Crippen LogP contribution < -0.4 is 31.0 Å². The van der Waals surface area contributed by atoms with E-state index in [0.29, 0.717) is 27.5 Å². The van der Waals surface area contributed by atoms with Gasteiger partial charge in [-0.05, 0) is 47.9 Å². The summed E-state index contributed by atoms with van der Waals surface area (Å²) in [6.07, 6.45) is 1.80. The molecule has 13 nitrogen and oxygen atoms in total. The monoisotopic (exact) mass is 707 g/mol. The van der Waals surface area contributed by atoms with Crippen LogP contribution in [0.4, 0.5) is 5.69 Å². The number of hydrogen-bond acceptors (Lipinski definition) is 9. The van der Waals surface area contributed by atoms with Crippen LogP contribution in [0, 0.1) is 5.92 Å². The van der Waals surface area contributed by atoms with Gasteiger partial charge in [0.15, 0.2) is 0 Å². The van der Waals surface area contributed by atoms with Crippen LogP contribution in [0.2, 0.25) is 10.0 Å². The van der Waals surface area contributed by atoms with Gasteiger partial charge in [-0.1, -0.05) is 41.4 Å². The number of amides is 2. The smallest absolute Gasteiger partial charge is 0.347 e. The van der Waals surface area contributed by atoms with Gasteiger partial charge in [0.1, 0.15) is 23.0 Å². The molecule has 2 amide bonds. The van der Waals surface area contributed by atoms with Gasteiger partial charge in [-0.2, -0.15) is 5.01 Å². The standard InChI is InChI=1S/C34H31Cl2N5O8/c1-38-32(45)39-12-11-21-25(41(39)33(38)46)16-22-30(43)40(37-24-10-7-18(35)13-23(24)36)31(44)34(22,17-5-8-20(47-2)9-6-17)29(21)28-26(48-3)14-19(42)15-27(28)49-4/h5-11,13-15,22,25,29,37,42H,12,16H2,1-4H3/t22-,25+,29+,34+/m0/s1. The van der Waals surface area contributed by atoms with Crippen molar-refractivity contribution in [2.24, 2.45) is 13.0 Å². The quantitative estimate of drug-likeness (QED) is 0.215. The molecule has 49 heavy (non-hydrogen) atoms. The van der Waals surface area contributed by atoms with Crippen LogP contribution in [0.25, 0.3) is 0 Å². The molecular weight excluding hydrogens is 677 g/mol. The Kier molecular flexibility index (Phi) is 7.79. The molecule has 2 fully saturated rings. The zero-order valence-electron chi connectivity index (χ0n) is 26.8. The highest BCUT2D eigenvalue weighted by Crippen LogP contribution is 2.64. The second kappa shape index (κ2) is 11.8. The number of methoxy groups -OCH3 is 3. The molecule has 3 heterocycles. The number of allylic oxidation sites excluding steroid dienone is 2. The minimum Gasteiger partial charge on any atom is -0.508 e. The van der Waals surface area contributed by atoms with Crippen LogP contribution in [0.15, 0.2) is 75.8 Å². The highest BCUT2D eigenvalue weighted by Gasteiger charge is 2.69. The number of carbonyl (C=O) groups excluding carboxylic acids is 2. The number of phenolic OH excluding ortho intramolecular Hbond substituents is 1. The second-order valence-corrected chi connectivity index (χ2v) is 12.9. The number of halogens is 2. The van der Waals surface area contributed by atoms with E-state index in [4.69, 9.17) is 37.4 Å². The number of nitrogens with zero attached hydrogens (tertiary/aromatic N) is 4. The minimum absolute atomic E-state index is 0.0163. The number of aromatic nitrogens is 3. The number of rotatable bonds is 7. The molecule has 1 aromatic heterocycles. The summed E-state index contributed by atoms with van der Waals surface area (Å²) in [6.45, 7) is 0.0216. The van der Waals surface area contributed by atoms with Crippen molar-refractivity contribution >= 4 is 40.7 Å². The lowest BCUT2D eigenvalue weighted by atomic mass is 9.53. The normalized spacial score (nSPS) is 22.6. The molecule has 3 aromatic carbocycles. The van der Waals surface area contributed by atoms with Crippen LogP contribution >= 0.6 is 23.2 Å². The Hall–Kier alpha value is -5.14. The summed E-state index contributed by atoms with van der Waals surface area (Å²) in [7, 11) is 5.75. The van der Waals surface area contributed by atoms with Crippen molar-refractivity contribution in [2.75, 3.05) is 26.8 Å². The van der Waals surface area contributed by atoms with E-state index < -0.39 is 46.5 Å². The van der Waals surface area contributed by atoms with Crippen LogP contribution in [0.5, 0.6) is 23.0 Å². The molecule has 0 bridgehead atoms. The van der Waals surface area contributed by atoms with Gasteiger partial charge in [0.2, 0.25) is 0 Å². The first-order chi connectivity index (χ1) is 23.5.